The second kappa shape index (κ2) is 5.92. The third kappa shape index (κ3) is 3.49. The molecule has 0 atom stereocenters. The molecule has 0 saturated heterocycles. The quantitative estimate of drug-likeness (QED) is 0.792. The highest BCUT2D eigenvalue weighted by Gasteiger charge is 2.06. The molecule has 19 heavy (non-hydrogen) atoms. The lowest BCUT2D eigenvalue weighted by Crippen LogP contribution is -2.20. The largest absolute Gasteiger partial charge is 0.326 e. The molecule has 0 unspecified atom stereocenters. The van der Waals surface area contributed by atoms with Crippen molar-refractivity contribution in [2.75, 3.05) is 10.6 Å². The van der Waals surface area contributed by atoms with Crippen LogP contribution >= 0.6 is 0 Å². The maximum absolute atomic E-state index is 13.3. The Hall–Kier alpha value is -2.47. The van der Waals surface area contributed by atoms with Gasteiger partial charge in [0, 0.05) is 12.7 Å². The van der Waals surface area contributed by atoms with Crippen LogP contribution in [0.1, 0.15) is 5.56 Å². The standard InChI is InChI=1S/C13H13FN4O/c14-10-3-1-2-4-11(10)17-13(19)18-12-6-5-9(7-15)8-16-12/h1-6,8H,7,15H2,(H2,16,17,18,19). The Morgan fingerprint density at radius 2 is 2.00 bits per heavy atom. The zero-order valence-corrected chi connectivity index (χ0v) is 10.1. The van der Waals surface area contributed by atoms with Gasteiger partial charge in [-0.3, -0.25) is 5.32 Å². The molecule has 1 heterocycles. The first-order valence-electron chi connectivity index (χ1n) is 5.66. The smallest absolute Gasteiger partial charge is 0.324 e. The number of hydrogen-bond acceptors (Lipinski definition) is 3. The fourth-order valence-electron chi connectivity index (χ4n) is 1.45. The fraction of sp³-hybridized carbons (Fsp3) is 0.0769. The summed E-state index contributed by atoms with van der Waals surface area (Å²) < 4.78 is 13.3. The molecular weight excluding hydrogens is 247 g/mol. The number of nitrogens with one attached hydrogen (secondary N) is 2. The highest BCUT2D eigenvalue weighted by molar-refractivity contribution is 5.99. The summed E-state index contributed by atoms with van der Waals surface area (Å²) in [5.74, 6) is -0.130. The van der Waals surface area contributed by atoms with Crippen molar-refractivity contribution < 1.29 is 9.18 Å². The van der Waals surface area contributed by atoms with Crippen LogP contribution in [0.25, 0.3) is 0 Å². The lowest BCUT2D eigenvalue weighted by atomic mass is 10.3. The number of carbonyl (C=O) groups is 1. The predicted octanol–water partition coefficient (Wildman–Crippen LogP) is 2.32. The van der Waals surface area contributed by atoms with Crippen molar-refractivity contribution in [3.05, 3.63) is 54.0 Å². The maximum atomic E-state index is 13.3. The lowest BCUT2D eigenvalue weighted by molar-refractivity contribution is 0.262. The molecule has 0 bridgehead atoms. The molecule has 0 aliphatic rings. The number of nitrogens with zero attached hydrogens (tertiary/aromatic N) is 1. The minimum atomic E-state index is -0.557. The van der Waals surface area contributed by atoms with E-state index in [4.69, 9.17) is 5.73 Å². The third-order valence-corrected chi connectivity index (χ3v) is 2.42. The van der Waals surface area contributed by atoms with Gasteiger partial charge in [0.15, 0.2) is 0 Å². The summed E-state index contributed by atoms with van der Waals surface area (Å²) in [4.78, 5) is 15.6. The SMILES string of the molecule is NCc1ccc(NC(=O)Nc2ccccc2F)nc1. The van der Waals surface area contributed by atoms with E-state index in [1.165, 1.54) is 12.1 Å². The van der Waals surface area contributed by atoms with E-state index in [1.54, 1.807) is 30.5 Å². The summed E-state index contributed by atoms with van der Waals surface area (Å²) in [5.41, 5.74) is 6.41. The molecule has 2 rings (SSSR count). The number of nitrogens with two attached hydrogens (primary N) is 1. The Morgan fingerprint density at radius 1 is 1.21 bits per heavy atom. The molecule has 6 heteroatoms. The number of carbonyl (C=O) groups excluding carboxylic acids is 1. The lowest BCUT2D eigenvalue weighted by Gasteiger charge is -2.07. The van der Waals surface area contributed by atoms with E-state index in [-0.39, 0.29) is 5.69 Å². The molecule has 2 amide bonds. The number of aromatic nitrogens is 1. The first-order chi connectivity index (χ1) is 9.19. The molecule has 2 aromatic rings. The van der Waals surface area contributed by atoms with Gasteiger partial charge in [-0.2, -0.15) is 0 Å². The summed E-state index contributed by atoms with van der Waals surface area (Å²) in [5, 5.41) is 4.90. The number of rotatable bonds is 3. The van der Waals surface area contributed by atoms with Crippen molar-refractivity contribution >= 4 is 17.5 Å². The number of halogens is 1. The van der Waals surface area contributed by atoms with Gasteiger partial charge >= 0.3 is 6.03 Å². The topological polar surface area (TPSA) is 80.0 Å². The molecule has 0 aliphatic carbocycles. The van der Waals surface area contributed by atoms with Gasteiger partial charge in [-0.05, 0) is 23.8 Å². The molecule has 0 aliphatic heterocycles. The van der Waals surface area contributed by atoms with Crippen molar-refractivity contribution in [3.8, 4) is 0 Å². The molecule has 0 fully saturated rings. The Kier molecular flexibility index (Phi) is 4.04. The van der Waals surface area contributed by atoms with Crippen LogP contribution in [0.2, 0.25) is 0 Å². The molecule has 0 spiro atoms. The van der Waals surface area contributed by atoms with Gasteiger partial charge in [-0.25, -0.2) is 14.2 Å². The van der Waals surface area contributed by atoms with Gasteiger partial charge < -0.3 is 11.1 Å². The highest BCUT2D eigenvalue weighted by atomic mass is 19.1. The van der Waals surface area contributed by atoms with Gasteiger partial charge in [-0.15, -0.1) is 0 Å². The predicted molar refractivity (Wildman–Crippen MR) is 71.2 cm³/mol. The summed E-state index contributed by atoms with van der Waals surface area (Å²) in [6.45, 7) is 0.384. The minimum Gasteiger partial charge on any atom is -0.326 e. The van der Waals surface area contributed by atoms with Crippen LogP contribution in [0.3, 0.4) is 0 Å². The molecule has 0 radical (unpaired) electrons. The average molecular weight is 260 g/mol. The Balaban J connectivity index is 1.99. The van der Waals surface area contributed by atoms with Gasteiger partial charge in [0.1, 0.15) is 11.6 Å². The number of hydrogen-bond donors (Lipinski definition) is 3. The van der Waals surface area contributed by atoms with E-state index in [0.29, 0.717) is 12.4 Å². The average Bonchev–Trinajstić information content (AvgIpc) is 2.42. The Morgan fingerprint density at radius 3 is 2.63 bits per heavy atom. The van der Waals surface area contributed by atoms with Crippen molar-refractivity contribution in [1.82, 2.24) is 4.98 Å². The molecular formula is C13H13FN4O. The van der Waals surface area contributed by atoms with Crippen molar-refractivity contribution in [2.24, 2.45) is 5.73 Å². The van der Waals surface area contributed by atoms with Crippen molar-refractivity contribution in [3.63, 3.8) is 0 Å². The molecule has 4 N–H and O–H groups in total. The molecule has 1 aromatic heterocycles. The van der Waals surface area contributed by atoms with Crippen LogP contribution < -0.4 is 16.4 Å². The molecule has 5 nitrogen and oxygen atoms in total. The van der Waals surface area contributed by atoms with Crippen LogP contribution in [-0.2, 0) is 6.54 Å². The van der Waals surface area contributed by atoms with Crippen LogP contribution in [-0.4, -0.2) is 11.0 Å². The van der Waals surface area contributed by atoms with E-state index >= 15 is 0 Å². The second-order valence-corrected chi connectivity index (χ2v) is 3.81. The van der Waals surface area contributed by atoms with Crippen LogP contribution in [0.4, 0.5) is 20.7 Å². The van der Waals surface area contributed by atoms with Gasteiger partial charge in [0.25, 0.3) is 0 Å². The number of pyridine rings is 1. The van der Waals surface area contributed by atoms with Crippen LogP contribution in [0.15, 0.2) is 42.6 Å². The number of benzene rings is 1. The number of urea groups is 1. The second-order valence-electron chi connectivity index (χ2n) is 3.81. The zero-order chi connectivity index (χ0) is 13.7. The van der Waals surface area contributed by atoms with E-state index in [0.717, 1.165) is 5.56 Å². The van der Waals surface area contributed by atoms with Gasteiger partial charge in [0.2, 0.25) is 0 Å². The molecule has 0 saturated carbocycles. The van der Waals surface area contributed by atoms with Crippen molar-refractivity contribution in [1.29, 1.82) is 0 Å². The minimum absolute atomic E-state index is 0.110. The Bertz CT molecular complexity index is 571. The normalized spacial score (nSPS) is 10.0. The summed E-state index contributed by atoms with van der Waals surface area (Å²) >= 11 is 0. The van der Waals surface area contributed by atoms with Gasteiger partial charge in [-0.1, -0.05) is 18.2 Å². The third-order valence-electron chi connectivity index (χ3n) is 2.42. The number of amides is 2. The van der Waals surface area contributed by atoms with E-state index in [9.17, 15) is 9.18 Å². The van der Waals surface area contributed by atoms with Gasteiger partial charge in [0.05, 0.1) is 5.69 Å². The maximum Gasteiger partial charge on any atom is 0.324 e. The summed E-state index contributed by atoms with van der Waals surface area (Å²) in [6, 6.07) is 8.75. The monoisotopic (exact) mass is 260 g/mol. The first-order valence-corrected chi connectivity index (χ1v) is 5.66. The van der Waals surface area contributed by atoms with E-state index in [2.05, 4.69) is 15.6 Å². The Labute approximate surface area is 109 Å². The molecule has 1 aromatic carbocycles. The molecule has 98 valence electrons. The summed E-state index contributed by atoms with van der Waals surface area (Å²) in [7, 11) is 0. The first kappa shape index (κ1) is 13.0. The van der Waals surface area contributed by atoms with Crippen LogP contribution in [0.5, 0.6) is 0 Å². The summed E-state index contributed by atoms with van der Waals surface area (Å²) in [6.07, 6.45) is 1.57. The fourth-order valence-corrected chi connectivity index (χ4v) is 1.45. The number of para-hydroxylation sites is 1. The van der Waals surface area contributed by atoms with Crippen molar-refractivity contribution in [2.45, 2.75) is 6.54 Å². The highest BCUT2D eigenvalue weighted by Crippen LogP contribution is 2.13. The van der Waals surface area contributed by atoms with E-state index < -0.39 is 11.8 Å². The zero-order valence-electron chi connectivity index (χ0n) is 10.1. The van der Waals surface area contributed by atoms with Crippen LogP contribution in [0, 0.1) is 5.82 Å². The number of anilines is 2. The van der Waals surface area contributed by atoms with E-state index in [1.807, 2.05) is 0 Å².